The van der Waals surface area contributed by atoms with E-state index in [9.17, 15) is 4.79 Å². The molecular formula is C23H31N2O3+. The SMILES string of the molecule is COc1ccc(OC)c([C@H]2CCC[NH+]2CC(=O)NCCc2ccccc2C)c1. The Hall–Kier alpha value is -2.53. The van der Waals surface area contributed by atoms with E-state index in [0.717, 1.165) is 42.9 Å². The zero-order valence-electron chi connectivity index (χ0n) is 17.1. The monoisotopic (exact) mass is 383 g/mol. The van der Waals surface area contributed by atoms with Crippen LogP contribution in [0.25, 0.3) is 0 Å². The van der Waals surface area contributed by atoms with Crippen molar-refractivity contribution >= 4 is 5.91 Å². The first-order valence-electron chi connectivity index (χ1n) is 10.00. The normalized spacial score (nSPS) is 18.7. The molecule has 0 saturated carbocycles. The molecule has 5 nitrogen and oxygen atoms in total. The molecule has 1 aliphatic rings. The minimum Gasteiger partial charge on any atom is -0.497 e. The van der Waals surface area contributed by atoms with E-state index in [-0.39, 0.29) is 11.9 Å². The van der Waals surface area contributed by atoms with Crippen molar-refractivity contribution in [1.82, 2.24) is 5.32 Å². The highest BCUT2D eigenvalue weighted by molar-refractivity contribution is 5.76. The van der Waals surface area contributed by atoms with E-state index in [0.29, 0.717) is 13.1 Å². The Morgan fingerprint density at radius 2 is 2.00 bits per heavy atom. The number of amides is 1. The Balaban J connectivity index is 1.59. The van der Waals surface area contributed by atoms with Crippen LogP contribution in [0.3, 0.4) is 0 Å². The molecule has 1 fully saturated rings. The zero-order chi connectivity index (χ0) is 19.9. The molecule has 150 valence electrons. The van der Waals surface area contributed by atoms with Gasteiger partial charge in [-0.2, -0.15) is 0 Å². The Morgan fingerprint density at radius 3 is 2.75 bits per heavy atom. The first-order chi connectivity index (χ1) is 13.6. The Morgan fingerprint density at radius 1 is 1.18 bits per heavy atom. The summed E-state index contributed by atoms with van der Waals surface area (Å²) in [6, 6.07) is 14.5. The second kappa shape index (κ2) is 9.60. The van der Waals surface area contributed by atoms with Crippen LogP contribution < -0.4 is 19.7 Å². The predicted molar refractivity (Wildman–Crippen MR) is 110 cm³/mol. The maximum atomic E-state index is 12.5. The number of nitrogens with one attached hydrogen (secondary N) is 2. The summed E-state index contributed by atoms with van der Waals surface area (Å²) in [6.07, 6.45) is 3.02. The number of hydrogen-bond donors (Lipinski definition) is 2. The van der Waals surface area contributed by atoms with Crippen LogP contribution in [0.2, 0.25) is 0 Å². The molecule has 2 aromatic carbocycles. The van der Waals surface area contributed by atoms with Crippen LogP contribution in [0, 0.1) is 6.92 Å². The number of aryl methyl sites for hydroxylation is 1. The van der Waals surface area contributed by atoms with Crippen LogP contribution in [-0.2, 0) is 11.2 Å². The van der Waals surface area contributed by atoms with Gasteiger partial charge >= 0.3 is 0 Å². The summed E-state index contributed by atoms with van der Waals surface area (Å²) in [5.41, 5.74) is 3.68. The third kappa shape index (κ3) is 4.84. The summed E-state index contributed by atoms with van der Waals surface area (Å²) in [4.78, 5) is 13.8. The van der Waals surface area contributed by atoms with Gasteiger partial charge in [0.05, 0.1) is 26.3 Å². The van der Waals surface area contributed by atoms with Crippen LogP contribution in [0.15, 0.2) is 42.5 Å². The van der Waals surface area contributed by atoms with E-state index in [4.69, 9.17) is 9.47 Å². The third-order valence-electron chi connectivity index (χ3n) is 5.66. The molecule has 2 atom stereocenters. The number of rotatable bonds is 8. The standard InChI is InChI=1S/C23H30N2O3/c1-17-7-4-5-8-18(17)12-13-24-23(26)16-25-14-6-9-21(25)20-15-19(27-2)10-11-22(20)28-3/h4-5,7-8,10-11,15,21H,6,9,12-14,16H2,1-3H3,(H,24,26)/p+1/t21-/m1/s1. The van der Waals surface area contributed by atoms with Crippen molar-refractivity contribution in [2.45, 2.75) is 32.2 Å². The third-order valence-corrected chi connectivity index (χ3v) is 5.66. The minimum atomic E-state index is 0.109. The zero-order valence-corrected chi connectivity index (χ0v) is 17.1. The number of likely N-dealkylation sites (tertiary alicyclic amines) is 1. The molecule has 2 N–H and O–H groups in total. The van der Waals surface area contributed by atoms with E-state index >= 15 is 0 Å². The van der Waals surface area contributed by atoms with Gasteiger partial charge in [-0.05, 0) is 42.7 Å². The van der Waals surface area contributed by atoms with Gasteiger partial charge in [0.2, 0.25) is 0 Å². The van der Waals surface area contributed by atoms with Gasteiger partial charge in [0, 0.05) is 19.4 Å². The molecule has 1 heterocycles. The van der Waals surface area contributed by atoms with Crippen molar-refractivity contribution in [3.8, 4) is 11.5 Å². The lowest BCUT2D eigenvalue weighted by Crippen LogP contribution is -3.11. The molecule has 1 unspecified atom stereocenters. The lowest BCUT2D eigenvalue weighted by Gasteiger charge is -2.23. The molecule has 0 aromatic heterocycles. The molecule has 1 saturated heterocycles. The number of carbonyl (C=O) groups is 1. The van der Waals surface area contributed by atoms with E-state index in [1.54, 1.807) is 14.2 Å². The maximum Gasteiger partial charge on any atom is 0.275 e. The minimum absolute atomic E-state index is 0.109. The lowest BCUT2D eigenvalue weighted by molar-refractivity contribution is -0.910. The number of quaternary nitrogens is 1. The number of benzene rings is 2. The average molecular weight is 384 g/mol. The highest BCUT2D eigenvalue weighted by atomic mass is 16.5. The van der Waals surface area contributed by atoms with Gasteiger partial charge < -0.3 is 19.7 Å². The molecule has 0 aliphatic carbocycles. The highest BCUT2D eigenvalue weighted by Crippen LogP contribution is 2.31. The van der Waals surface area contributed by atoms with Gasteiger partial charge in [0.1, 0.15) is 17.5 Å². The van der Waals surface area contributed by atoms with Gasteiger partial charge in [-0.15, -0.1) is 0 Å². The molecule has 0 spiro atoms. The van der Waals surface area contributed by atoms with Gasteiger partial charge in [-0.3, -0.25) is 4.79 Å². The van der Waals surface area contributed by atoms with Crippen LogP contribution in [0.5, 0.6) is 11.5 Å². The first kappa shape index (κ1) is 20.2. The number of ether oxygens (including phenoxy) is 2. The van der Waals surface area contributed by atoms with Crippen LogP contribution in [0.4, 0.5) is 0 Å². The fourth-order valence-corrected chi connectivity index (χ4v) is 4.11. The van der Waals surface area contributed by atoms with E-state index in [1.165, 1.54) is 16.0 Å². The molecule has 0 radical (unpaired) electrons. The van der Waals surface area contributed by atoms with Crippen molar-refractivity contribution in [3.63, 3.8) is 0 Å². The highest BCUT2D eigenvalue weighted by Gasteiger charge is 2.33. The molecule has 1 aliphatic heterocycles. The quantitative estimate of drug-likeness (QED) is 0.734. The molecular weight excluding hydrogens is 352 g/mol. The fourth-order valence-electron chi connectivity index (χ4n) is 4.11. The molecule has 5 heteroatoms. The number of methoxy groups -OCH3 is 2. The summed E-state index contributed by atoms with van der Waals surface area (Å²) in [5, 5.41) is 3.09. The fraction of sp³-hybridized carbons (Fsp3) is 0.435. The van der Waals surface area contributed by atoms with Gasteiger partial charge in [0.25, 0.3) is 5.91 Å². The van der Waals surface area contributed by atoms with E-state index in [2.05, 4.69) is 24.4 Å². The molecule has 3 rings (SSSR count). The topological polar surface area (TPSA) is 52.0 Å². The summed E-state index contributed by atoms with van der Waals surface area (Å²) in [5.74, 6) is 1.80. The second-order valence-electron chi connectivity index (χ2n) is 7.41. The smallest absolute Gasteiger partial charge is 0.275 e. The van der Waals surface area contributed by atoms with E-state index < -0.39 is 0 Å². The van der Waals surface area contributed by atoms with Crippen molar-refractivity contribution < 1.29 is 19.2 Å². The maximum absolute atomic E-state index is 12.5. The molecule has 1 amide bonds. The Labute approximate surface area is 167 Å². The summed E-state index contributed by atoms with van der Waals surface area (Å²) in [6.45, 7) is 4.26. The van der Waals surface area contributed by atoms with Gasteiger partial charge in [0.15, 0.2) is 6.54 Å². The number of carbonyl (C=O) groups excluding carboxylic acids is 1. The Bertz CT molecular complexity index is 806. The first-order valence-corrected chi connectivity index (χ1v) is 10.00. The largest absolute Gasteiger partial charge is 0.497 e. The van der Waals surface area contributed by atoms with Gasteiger partial charge in [-0.25, -0.2) is 0 Å². The van der Waals surface area contributed by atoms with Crippen molar-refractivity contribution in [1.29, 1.82) is 0 Å². The van der Waals surface area contributed by atoms with Crippen molar-refractivity contribution in [2.24, 2.45) is 0 Å². The lowest BCUT2D eigenvalue weighted by atomic mass is 10.0. The second-order valence-corrected chi connectivity index (χ2v) is 7.41. The predicted octanol–water partition coefficient (Wildman–Crippen LogP) is 2.09. The van der Waals surface area contributed by atoms with Gasteiger partial charge in [-0.1, -0.05) is 24.3 Å². The van der Waals surface area contributed by atoms with Crippen LogP contribution >= 0.6 is 0 Å². The average Bonchev–Trinajstić information content (AvgIpc) is 3.16. The Kier molecular flexibility index (Phi) is 6.93. The van der Waals surface area contributed by atoms with Crippen LogP contribution in [0.1, 0.15) is 35.6 Å². The molecule has 0 bridgehead atoms. The van der Waals surface area contributed by atoms with E-state index in [1.807, 2.05) is 30.3 Å². The summed E-state index contributed by atoms with van der Waals surface area (Å²) < 4.78 is 11.0. The molecule has 28 heavy (non-hydrogen) atoms. The van der Waals surface area contributed by atoms with Crippen molar-refractivity contribution in [3.05, 3.63) is 59.2 Å². The van der Waals surface area contributed by atoms with Crippen LogP contribution in [-0.4, -0.2) is 39.8 Å². The summed E-state index contributed by atoms with van der Waals surface area (Å²) in [7, 11) is 3.37. The number of hydrogen-bond acceptors (Lipinski definition) is 3. The molecule has 2 aromatic rings. The van der Waals surface area contributed by atoms with Crippen molar-refractivity contribution in [2.75, 3.05) is 33.9 Å². The summed E-state index contributed by atoms with van der Waals surface area (Å²) >= 11 is 0.